The topological polar surface area (TPSA) is 91.8 Å². The smallest absolute Gasteiger partial charge is 0.411 e. The molecule has 8 heteroatoms. The minimum absolute atomic E-state index is 0.372. The molecule has 0 saturated carbocycles. The summed E-state index contributed by atoms with van der Waals surface area (Å²) in [7, 11) is 3.18. The van der Waals surface area contributed by atoms with Gasteiger partial charge in [-0.25, -0.2) is 4.79 Å². The van der Waals surface area contributed by atoms with E-state index in [9.17, 15) is 4.79 Å². The third-order valence-electron chi connectivity index (χ3n) is 6.44. The Bertz CT molecular complexity index is 1390. The van der Waals surface area contributed by atoms with E-state index in [2.05, 4.69) is 15.3 Å². The van der Waals surface area contributed by atoms with E-state index in [-0.39, 0.29) is 0 Å². The first-order chi connectivity index (χ1) is 18.5. The van der Waals surface area contributed by atoms with Gasteiger partial charge in [0.2, 0.25) is 0 Å². The SMILES string of the molecule is COc1cc2nccc(Oc3ccc(NC(=O)OCCCCCc4ccccn4)c(C)c3C)c2cc1OC. The number of benzene rings is 2. The molecule has 0 fully saturated rings. The second-order valence-electron chi connectivity index (χ2n) is 8.89. The van der Waals surface area contributed by atoms with Gasteiger partial charge in [-0.05, 0) is 87.1 Å². The van der Waals surface area contributed by atoms with Crippen molar-refractivity contribution in [3.8, 4) is 23.0 Å². The number of carbonyl (C=O) groups excluding carboxylic acids is 1. The molecule has 0 aliphatic heterocycles. The van der Waals surface area contributed by atoms with Crippen molar-refractivity contribution in [2.45, 2.75) is 39.5 Å². The highest BCUT2D eigenvalue weighted by Crippen LogP contribution is 2.38. The first-order valence-electron chi connectivity index (χ1n) is 12.6. The number of fused-ring (bicyclic) bond motifs is 1. The Hall–Kier alpha value is -4.33. The summed E-state index contributed by atoms with van der Waals surface area (Å²) < 4.78 is 22.5. The number of aromatic nitrogens is 2. The Morgan fingerprint density at radius 3 is 2.39 bits per heavy atom. The normalized spacial score (nSPS) is 10.7. The number of aryl methyl sites for hydroxylation is 1. The zero-order chi connectivity index (χ0) is 26.9. The summed E-state index contributed by atoms with van der Waals surface area (Å²) >= 11 is 0. The van der Waals surface area contributed by atoms with Crippen molar-refractivity contribution in [2.24, 2.45) is 0 Å². The number of nitrogens with zero attached hydrogens (tertiary/aromatic N) is 2. The predicted octanol–water partition coefficient (Wildman–Crippen LogP) is 7.02. The van der Waals surface area contributed by atoms with E-state index in [4.69, 9.17) is 18.9 Å². The number of nitrogens with one attached hydrogen (secondary N) is 1. The van der Waals surface area contributed by atoms with Crippen molar-refractivity contribution in [1.29, 1.82) is 0 Å². The zero-order valence-corrected chi connectivity index (χ0v) is 22.2. The molecule has 0 aliphatic carbocycles. The van der Waals surface area contributed by atoms with E-state index in [1.807, 2.05) is 62.4 Å². The number of anilines is 1. The number of amides is 1. The standard InChI is InChI=1S/C30H33N3O5/c1-20-21(2)26(38-27-14-16-32-25-19-29(36-4)28(35-3)18-23(25)27)13-12-24(20)33-30(34)37-17-9-5-6-10-22-11-7-8-15-31-22/h7-8,11-16,18-19H,5-6,9-10,17H2,1-4H3,(H,33,34). The Morgan fingerprint density at radius 2 is 1.63 bits per heavy atom. The molecule has 0 saturated heterocycles. The summed E-state index contributed by atoms with van der Waals surface area (Å²) in [4.78, 5) is 21.1. The van der Waals surface area contributed by atoms with Gasteiger partial charge in [-0.15, -0.1) is 0 Å². The fourth-order valence-corrected chi connectivity index (χ4v) is 4.14. The maximum Gasteiger partial charge on any atom is 0.411 e. The highest BCUT2D eigenvalue weighted by Gasteiger charge is 2.15. The van der Waals surface area contributed by atoms with Crippen LogP contribution in [-0.2, 0) is 11.2 Å². The number of rotatable bonds is 11. The summed E-state index contributed by atoms with van der Waals surface area (Å²) in [5.74, 6) is 2.51. The van der Waals surface area contributed by atoms with Gasteiger partial charge in [0.15, 0.2) is 11.5 Å². The van der Waals surface area contributed by atoms with E-state index in [0.29, 0.717) is 35.3 Å². The molecule has 0 unspecified atom stereocenters. The van der Waals surface area contributed by atoms with Crippen LogP contribution < -0.4 is 19.5 Å². The van der Waals surface area contributed by atoms with Gasteiger partial charge in [0.1, 0.15) is 11.5 Å². The molecule has 0 atom stereocenters. The number of hydrogen-bond donors (Lipinski definition) is 1. The van der Waals surface area contributed by atoms with Crippen LogP contribution >= 0.6 is 0 Å². The lowest BCUT2D eigenvalue weighted by atomic mass is 10.1. The van der Waals surface area contributed by atoms with Crippen LogP contribution in [0.4, 0.5) is 10.5 Å². The van der Waals surface area contributed by atoms with Crippen molar-refractivity contribution >= 4 is 22.7 Å². The molecule has 38 heavy (non-hydrogen) atoms. The fourth-order valence-electron chi connectivity index (χ4n) is 4.14. The van der Waals surface area contributed by atoms with Crippen LogP contribution in [0.5, 0.6) is 23.0 Å². The Balaban J connectivity index is 1.34. The third-order valence-corrected chi connectivity index (χ3v) is 6.44. The Morgan fingerprint density at radius 1 is 0.816 bits per heavy atom. The second kappa shape index (κ2) is 12.8. The summed E-state index contributed by atoms with van der Waals surface area (Å²) in [6, 6.07) is 15.1. The Kier molecular flexibility index (Phi) is 8.98. The lowest BCUT2D eigenvalue weighted by Crippen LogP contribution is -2.15. The first-order valence-corrected chi connectivity index (χ1v) is 12.6. The van der Waals surface area contributed by atoms with E-state index in [0.717, 1.165) is 53.4 Å². The quantitative estimate of drug-likeness (QED) is 0.215. The number of pyridine rings is 2. The van der Waals surface area contributed by atoms with Crippen molar-refractivity contribution < 1.29 is 23.7 Å². The van der Waals surface area contributed by atoms with Gasteiger partial charge in [0, 0.05) is 35.2 Å². The molecule has 1 amide bonds. The zero-order valence-electron chi connectivity index (χ0n) is 22.2. The molecule has 198 valence electrons. The molecule has 4 rings (SSSR count). The van der Waals surface area contributed by atoms with Crippen molar-refractivity contribution in [3.05, 3.63) is 77.7 Å². The maximum absolute atomic E-state index is 12.4. The molecule has 0 aliphatic rings. The monoisotopic (exact) mass is 515 g/mol. The van der Waals surface area contributed by atoms with Crippen LogP contribution in [-0.4, -0.2) is 36.9 Å². The predicted molar refractivity (Wildman–Crippen MR) is 148 cm³/mol. The van der Waals surface area contributed by atoms with E-state index in [1.165, 1.54) is 0 Å². The molecular formula is C30H33N3O5. The average Bonchev–Trinajstić information content (AvgIpc) is 2.94. The second-order valence-corrected chi connectivity index (χ2v) is 8.89. The number of unbranched alkanes of at least 4 members (excludes halogenated alkanes) is 2. The summed E-state index contributed by atoms with van der Waals surface area (Å²) in [5, 5.41) is 3.65. The molecule has 2 heterocycles. The van der Waals surface area contributed by atoms with Gasteiger partial charge in [-0.3, -0.25) is 15.3 Å². The summed E-state index contributed by atoms with van der Waals surface area (Å²) in [6.07, 6.45) is 6.74. The molecule has 0 spiro atoms. The van der Waals surface area contributed by atoms with E-state index >= 15 is 0 Å². The van der Waals surface area contributed by atoms with Gasteiger partial charge < -0.3 is 18.9 Å². The highest BCUT2D eigenvalue weighted by molar-refractivity contribution is 5.89. The van der Waals surface area contributed by atoms with Crippen molar-refractivity contribution in [3.63, 3.8) is 0 Å². The van der Waals surface area contributed by atoms with Gasteiger partial charge in [-0.1, -0.05) is 6.07 Å². The molecule has 2 aromatic carbocycles. The van der Waals surface area contributed by atoms with E-state index in [1.54, 1.807) is 26.6 Å². The lowest BCUT2D eigenvalue weighted by molar-refractivity contribution is 0.159. The average molecular weight is 516 g/mol. The third kappa shape index (κ3) is 6.51. The number of carbonyl (C=O) groups is 1. The van der Waals surface area contributed by atoms with E-state index < -0.39 is 6.09 Å². The van der Waals surface area contributed by atoms with Crippen LogP contribution in [0.2, 0.25) is 0 Å². The van der Waals surface area contributed by atoms with Crippen LogP contribution in [0.3, 0.4) is 0 Å². The maximum atomic E-state index is 12.4. The first kappa shape index (κ1) is 26.7. The van der Waals surface area contributed by atoms with Crippen LogP contribution in [0, 0.1) is 13.8 Å². The summed E-state index contributed by atoms with van der Waals surface area (Å²) in [6.45, 7) is 4.26. The van der Waals surface area contributed by atoms with Crippen LogP contribution in [0.15, 0.2) is 60.9 Å². The number of methoxy groups -OCH3 is 2. The Labute approximate surface area is 222 Å². The minimum Gasteiger partial charge on any atom is -0.493 e. The molecule has 0 radical (unpaired) electrons. The lowest BCUT2D eigenvalue weighted by Gasteiger charge is -2.16. The summed E-state index contributed by atoms with van der Waals surface area (Å²) in [5.41, 5.74) is 4.30. The molecule has 0 bridgehead atoms. The van der Waals surface area contributed by atoms with Gasteiger partial charge >= 0.3 is 6.09 Å². The van der Waals surface area contributed by atoms with Gasteiger partial charge in [0.25, 0.3) is 0 Å². The van der Waals surface area contributed by atoms with Crippen molar-refractivity contribution in [2.75, 3.05) is 26.1 Å². The number of ether oxygens (including phenoxy) is 4. The van der Waals surface area contributed by atoms with Crippen LogP contribution in [0.1, 0.15) is 36.1 Å². The van der Waals surface area contributed by atoms with Crippen LogP contribution in [0.25, 0.3) is 10.9 Å². The van der Waals surface area contributed by atoms with Gasteiger partial charge in [0.05, 0.1) is 26.3 Å². The molecule has 1 N–H and O–H groups in total. The van der Waals surface area contributed by atoms with Gasteiger partial charge in [-0.2, -0.15) is 0 Å². The molecule has 8 nitrogen and oxygen atoms in total. The molecule has 4 aromatic rings. The fraction of sp³-hybridized carbons (Fsp3) is 0.300. The molecular weight excluding hydrogens is 482 g/mol. The largest absolute Gasteiger partial charge is 0.493 e. The van der Waals surface area contributed by atoms with Crippen molar-refractivity contribution in [1.82, 2.24) is 9.97 Å². The minimum atomic E-state index is -0.466. The number of hydrogen-bond acceptors (Lipinski definition) is 7. The highest BCUT2D eigenvalue weighted by atomic mass is 16.5. The molecule has 2 aromatic heterocycles.